The van der Waals surface area contributed by atoms with Crippen molar-refractivity contribution in [3.8, 4) is 11.1 Å². The lowest BCUT2D eigenvalue weighted by molar-refractivity contribution is 0.0696. The van der Waals surface area contributed by atoms with Gasteiger partial charge in [-0.1, -0.05) is 0 Å². The number of benzene rings is 1. The van der Waals surface area contributed by atoms with Crippen molar-refractivity contribution in [1.29, 1.82) is 0 Å². The predicted octanol–water partition coefficient (Wildman–Crippen LogP) is 2.29. The lowest BCUT2D eigenvalue weighted by Crippen LogP contribution is -2.14. The molecule has 92 valence electrons. The van der Waals surface area contributed by atoms with Gasteiger partial charge in [-0.25, -0.2) is 4.79 Å². The monoisotopic (exact) mass is 243 g/mol. The van der Waals surface area contributed by atoms with Crippen LogP contribution in [0.15, 0.2) is 29.2 Å². The summed E-state index contributed by atoms with van der Waals surface area (Å²) in [5.41, 5.74) is 2.16. The quantitative estimate of drug-likeness (QED) is 0.880. The van der Waals surface area contributed by atoms with Gasteiger partial charge in [-0.05, 0) is 43.5 Å². The van der Waals surface area contributed by atoms with Gasteiger partial charge in [-0.3, -0.25) is 4.79 Å². The van der Waals surface area contributed by atoms with Crippen LogP contribution in [0.2, 0.25) is 0 Å². The molecule has 0 aromatic heterocycles. The summed E-state index contributed by atoms with van der Waals surface area (Å²) >= 11 is 0. The Bertz CT molecular complexity index is 668. The molecule has 1 heterocycles. The normalized spacial score (nSPS) is 14.9. The van der Waals surface area contributed by atoms with Crippen LogP contribution in [0.5, 0.6) is 0 Å². The molecule has 0 atom stereocenters. The van der Waals surface area contributed by atoms with E-state index in [4.69, 9.17) is 0 Å². The van der Waals surface area contributed by atoms with Gasteiger partial charge in [-0.2, -0.15) is 0 Å². The van der Waals surface area contributed by atoms with Crippen molar-refractivity contribution < 1.29 is 9.90 Å². The molecule has 0 aromatic rings. The fourth-order valence-electron chi connectivity index (χ4n) is 2.44. The standard InChI is InChI=1S/C14H13NO3/c1-8-13(14(17)18)12-6-11(16)5-2-9(12)7-15(8)10-3-4-10/h2,5-7,10H,3-4H2,1H3,(H,17,18). The largest absolute Gasteiger partial charge is 0.478 e. The zero-order chi connectivity index (χ0) is 12.9. The smallest absolute Gasteiger partial charge is 0.338 e. The molecule has 18 heavy (non-hydrogen) atoms. The summed E-state index contributed by atoms with van der Waals surface area (Å²) in [7, 11) is 0. The maximum absolute atomic E-state index is 11.4. The lowest BCUT2D eigenvalue weighted by atomic mass is 9.97. The van der Waals surface area contributed by atoms with Gasteiger partial charge < -0.3 is 9.67 Å². The molecule has 0 radical (unpaired) electrons. The highest BCUT2D eigenvalue weighted by atomic mass is 16.4. The number of aromatic nitrogens is 1. The van der Waals surface area contributed by atoms with Crippen LogP contribution in [-0.4, -0.2) is 15.6 Å². The third kappa shape index (κ3) is 1.61. The van der Waals surface area contributed by atoms with Crippen LogP contribution in [0.1, 0.15) is 34.9 Å². The molecule has 1 aliphatic heterocycles. The van der Waals surface area contributed by atoms with E-state index in [1.807, 2.05) is 10.8 Å². The first-order valence-electron chi connectivity index (χ1n) is 5.97. The number of hydrogen-bond acceptors (Lipinski definition) is 2. The maximum Gasteiger partial charge on any atom is 0.338 e. The molecule has 0 unspecified atom stereocenters. The summed E-state index contributed by atoms with van der Waals surface area (Å²) in [6.45, 7) is 1.80. The number of pyridine rings is 1. The SMILES string of the molecule is Cc1c(C(=O)O)c2cc(=O)ccc-2cn1C1CC1. The van der Waals surface area contributed by atoms with E-state index in [1.54, 1.807) is 13.0 Å². The van der Waals surface area contributed by atoms with Crippen LogP contribution in [0.3, 0.4) is 0 Å². The van der Waals surface area contributed by atoms with Crippen molar-refractivity contribution in [2.24, 2.45) is 0 Å². The lowest BCUT2D eigenvalue weighted by Gasteiger charge is -2.18. The first kappa shape index (κ1) is 11.0. The average molecular weight is 243 g/mol. The molecule has 0 aromatic carbocycles. The van der Waals surface area contributed by atoms with E-state index in [9.17, 15) is 14.7 Å². The van der Waals surface area contributed by atoms with Gasteiger partial charge in [0.25, 0.3) is 0 Å². The van der Waals surface area contributed by atoms with E-state index >= 15 is 0 Å². The Morgan fingerprint density at radius 1 is 1.39 bits per heavy atom. The number of nitrogens with zero attached hydrogens (tertiary/aromatic N) is 1. The number of fused-ring (bicyclic) bond motifs is 1. The molecule has 1 fully saturated rings. The number of carboxylic acid groups (broad SMARTS) is 1. The molecule has 4 heteroatoms. The van der Waals surface area contributed by atoms with Crippen LogP contribution in [0.4, 0.5) is 0 Å². The summed E-state index contributed by atoms with van der Waals surface area (Å²) in [6.07, 6.45) is 4.14. The minimum atomic E-state index is -0.974. The molecular weight excluding hydrogens is 230 g/mol. The molecule has 3 rings (SSSR count). The molecule has 3 aliphatic rings. The molecule has 0 spiro atoms. The number of aromatic carboxylic acids is 1. The minimum absolute atomic E-state index is 0.159. The number of hydrogen-bond donors (Lipinski definition) is 1. The highest BCUT2D eigenvalue weighted by molar-refractivity contribution is 5.97. The Balaban J connectivity index is 2.39. The minimum Gasteiger partial charge on any atom is -0.478 e. The zero-order valence-corrected chi connectivity index (χ0v) is 10.0. The Hall–Kier alpha value is -2.10. The molecule has 1 saturated carbocycles. The summed E-state index contributed by atoms with van der Waals surface area (Å²) in [4.78, 5) is 22.8. The van der Waals surface area contributed by atoms with Gasteiger partial charge in [0.1, 0.15) is 0 Å². The highest BCUT2D eigenvalue weighted by Crippen LogP contribution is 2.39. The molecule has 4 nitrogen and oxygen atoms in total. The summed E-state index contributed by atoms with van der Waals surface area (Å²) in [6, 6.07) is 4.99. The second-order valence-electron chi connectivity index (χ2n) is 4.78. The van der Waals surface area contributed by atoms with Crippen LogP contribution in [0.25, 0.3) is 11.1 Å². The Morgan fingerprint density at radius 3 is 2.72 bits per heavy atom. The number of carbonyl (C=O) groups is 1. The third-order valence-electron chi connectivity index (χ3n) is 3.48. The van der Waals surface area contributed by atoms with Gasteiger partial charge in [0.05, 0.1) is 5.56 Å². The zero-order valence-electron chi connectivity index (χ0n) is 10.0. The first-order valence-corrected chi connectivity index (χ1v) is 5.97. The Kier molecular flexibility index (Phi) is 2.26. The summed E-state index contributed by atoms with van der Waals surface area (Å²) in [5.74, 6) is -0.974. The number of rotatable bonds is 2. The second-order valence-corrected chi connectivity index (χ2v) is 4.78. The molecule has 0 bridgehead atoms. The van der Waals surface area contributed by atoms with E-state index < -0.39 is 5.97 Å². The molecule has 0 saturated heterocycles. The average Bonchev–Trinajstić information content (AvgIpc) is 3.11. The van der Waals surface area contributed by atoms with E-state index in [0.717, 1.165) is 24.1 Å². The van der Waals surface area contributed by atoms with Gasteiger partial charge in [0.2, 0.25) is 0 Å². The molecular formula is C14H13NO3. The van der Waals surface area contributed by atoms with Crippen molar-refractivity contribution in [3.63, 3.8) is 0 Å². The summed E-state index contributed by atoms with van der Waals surface area (Å²) < 4.78 is 2.02. The maximum atomic E-state index is 11.4. The Labute approximate surface area is 104 Å². The predicted molar refractivity (Wildman–Crippen MR) is 67.3 cm³/mol. The van der Waals surface area contributed by atoms with Crippen molar-refractivity contribution in [3.05, 3.63) is 45.9 Å². The third-order valence-corrected chi connectivity index (χ3v) is 3.48. The van der Waals surface area contributed by atoms with Gasteiger partial charge in [0, 0.05) is 23.5 Å². The van der Waals surface area contributed by atoms with Gasteiger partial charge in [-0.15, -0.1) is 0 Å². The van der Waals surface area contributed by atoms with Crippen molar-refractivity contribution >= 4 is 5.97 Å². The van der Waals surface area contributed by atoms with E-state index in [1.165, 1.54) is 12.1 Å². The van der Waals surface area contributed by atoms with Crippen molar-refractivity contribution in [1.82, 2.24) is 4.57 Å². The fraction of sp³-hybridized carbons (Fsp3) is 0.286. The topological polar surface area (TPSA) is 59.3 Å². The molecule has 2 aliphatic carbocycles. The van der Waals surface area contributed by atoms with Crippen LogP contribution >= 0.6 is 0 Å². The molecule has 0 amide bonds. The van der Waals surface area contributed by atoms with E-state index in [2.05, 4.69) is 0 Å². The first-order chi connectivity index (χ1) is 8.58. The fourth-order valence-corrected chi connectivity index (χ4v) is 2.44. The molecule has 1 N–H and O–H groups in total. The van der Waals surface area contributed by atoms with Crippen LogP contribution in [-0.2, 0) is 0 Å². The second kappa shape index (κ2) is 3.70. The van der Waals surface area contributed by atoms with Crippen molar-refractivity contribution in [2.45, 2.75) is 25.8 Å². The van der Waals surface area contributed by atoms with E-state index in [-0.39, 0.29) is 11.0 Å². The Morgan fingerprint density at radius 2 is 2.11 bits per heavy atom. The summed E-state index contributed by atoms with van der Waals surface area (Å²) in [5, 5.41) is 9.37. The van der Waals surface area contributed by atoms with E-state index in [0.29, 0.717) is 11.6 Å². The van der Waals surface area contributed by atoms with Crippen LogP contribution < -0.4 is 5.43 Å². The van der Waals surface area contributed by atoms with Crippen LogP contribution in [0, 0.1) is 6.92 Å². The van der Waals surface area contributed by atoms with Gasteiger partial charge in [0.15, 0.2) is 5.43 Å². The number of carboxylic acids is 1. The van der Waals surface area contributed by atoms with Gasteiger partial charge >= 0.3 is 5.97 Å². The highest BCUT2D eigenvalue weighted by Gasteiger charge is 2.28. The van der Waals surface area contributed by atoms with Crippen molar-refractivity contribution in [2.75, 3.05) is 0 Å².